The van der Waals surface area contributed by atoms with E-state index in [9.17, 15) is 4.79 Å². The second-order valence-electron chi connectivity index (χ2n) is 5.57. The van der Waals surface area contributed by atoms with Gasteiger partial charge in [-0.3, -0.25) is 4.79 Å². The first-order valence-corrected chi connectivity index (χ1v) is 8.42. The highest BCUT2D eigenvalue weighted by molar-refractivity contribution is 5.80. The summed E-state index contributed by atoms with van der Waals surface area (Å²) in [6.07, 6.45) is 0.417. The molecule has 0 aliphatic heterocycles. The van der Waals surface area contributed by atoms with Crippen LogP contribution < -0.4 is 19.5 Å². The summed E-state index contributed by atoms with van der Waals surface area (Å²) >= 11 is 0. The van der Waals surface area contributed by atoms with Crippen molar-refractivity contribution >= 4 is 5.91 Å². The van der Waals surface area contributed by atoms with Crippen LogP contribution in [0.15, 0.2) is 48.5 Å². The van der Waals surface area contributed by atoms with Gasteiger partial charge < -0.3 is 19.5 Å². The third-order valence-electron chi connectivity index (χ3n) is 3.74. The maximum atomic E-state index is 12.0. The Kier molecular flexibility index (Phi) is 7.14. The molecule has 0 spiro atoms. The molecule has 0 aliphatic rings. The number of carbonyl (C=O) groups excluding carboxylic acids is 1. The number of methoxy groups -OCH3 is 1. The van der Waals surface area contributed by atoms with E-state index in [1.807, 2.05) is 24.3 Å². The fourth-order valence-electron chi connectivity index (χ4n) is 2.22. The Labute approximate surface area is 148 Å². The molecule has 1 N–H and O–H groups in total. The lowest BCUT2D eigenvalue weighted by atomic mass is 10.2. The summed E-state index contributed by atoms with van der Waals surface area (Å²) in [5, 5.41) is 2.80. The summed E-state index contributed by atoms with van der Waals surface area (Å²) in [6.45, 7) is 4.65. The van der Waals surface area contributed by atoms with Crippen LogP contribution in [0.2, 0.25) is 0 Å². The Balaban J connectivity index is 1.69. The number of rotatable bonds is 9. The average Bonchev–Trinajstić information content (AvgIpc) is 2.66. The molecule has 2 aromatic carbocycles. The molecular formula is C20H25NO4. The third kappa shape index (κ3) is 6.03. The van der Waals surface area contributed by atoms with E-state index in [1.165, 1.54) is 5.56 Å². The van der Waals surface area contributed by atoms with Crippen molar-refractivity contribution in [3.8, 4) is 17.2 Å². The van der Waals surface area contributed by atoms with Gasteiger partial charge in [0.15, 0.2) is 6.10 Å². The third-order valence-corrected chi connectivity index (χ3v) is 3.74. The second kappa shape index (κ2) is 9.57. The Morgan fingerprint density at radius 2 is 1.60 bits per heavy atom. The molecule has 0 saturated carbocycles. The van der Waals surface area contributed by atoms with Crippen LogP contribution in [-0.4, -0.2) is 32.3 Å². The van der Waals surface area contributed by atoms with Gasteiger partial charge in [0.25, 0.3) is 5.91 Å². The largest absolute Gasteiger partial charge is 0.497 e. The average molecular weight is 343 g/mol. The molecule has 2 aromatic rings. The van der Waals surface area contributed by atoms with Crippen LogP contribution >= 0.6 is 0 Å². The predicted molar refractivity (Wildman–Crippen MR) is 97.4 cm³/mol. The molecular weight excluding hydrogens is 318 g/mol. The zero-order chi connectivity index (χ0) is 18.1. The fourth-order valence-corrected chi connectivity index (χ4v) is 2.22. The smallest absolute Gasteiger partial charge is 0.260 e. The van der Waals surface area contributed by atoms with Crippen molar-refractivity contribution in [2.75, 3.05) is 20.3 Å². The van der Waals surface area contributed by atoms with Crippen LogP contribution in [0.4, 0.5) is 0 Å². The monoisotopic (exact) mass is 343 g/mol. The maximum absolute atomic E-state index is 12.0. The number of aryl methyl sites for hydroxylation is 1. The molecule has 1 atom stereocenters. The van der Waals surface area contributed by atoms with E-state index in [4.69, 9.17) is 14.2 Å². The number of ether oxygens (including phenoxy) is 3. The van der Waals surface area contributed by atoms with Gasteiger partial charge in [0.05, 0.1) is 13.7 Å². The van der Waals surface area contributed by atoms with E-state index >= 15 is 0 Å². The number of hydrogen-bond acceptors (Lipinski definition) is 4. The topological polar surface area (TPSA) is 56.8 Å². The molecule has 2 rings (SSSR count). The van der Waals surface area contributed by atoms with E-state index in [0.29, 0.717) is 18.9 Å². The van der Waals surface area contributed by atoms with Crippen molar-refractivity contribution in [1.29, 1.82) is 0 Å². The molecule has 0 heterocycles. The second-order valence-corrected chi connectivity index (χ2v) is 5.57. The normalized spacial score (nSPS) is 11.5. The summed E-state index contributed by atoms with van der Waals surface area (Å²) in [5.74, 6) is 1.99. The lowest BCUT2D eigenvalue weighted by Gasteiger charge is -2.15. The number of nitrogens with one attached hydrogen (secondary N) is 1. The summed E-state index contributed by atoms with van der Waals surface area (Å²) < 4.78 is 16.3. The molecule has 0 aliphatic carbocycles. The van der Waals surface area contributed by atoms with Crippen LogP contribution in [0.1, 0.15) is 19.4 Å². The minimum Gasteiger partial charge on any atom is -0.497 e. The first-order chi connectivity index (χ1) is 12.1. The van der Waals surface area contributed by atoms with E-state index in [1.54, 1.807) is 38.3 Å². The minimum atomic E-state index is -0.586. The maximum Gasteiger partial charge on any atom is 0.260 e. The first kappa shape index (κ1) is 18.6. The van der Waals surface area contributed by atoms with Crippen molar-refractivity contribution in [1.82, 2.24) is 5.32 Å². The van der Waals surface area contributed by atoms with Gasteiger partial charge in [-0.25, -0.2) is 0 Å². The quantitative estimate of drug-likeness (QED) is 0.710. The Morgan fingerprint density at radius 1 is 1.00 bits per heavy atom. The van der Waals surface area contributed by atoms with Gasteiger partial charge in [-0.05, 0) is 55.3 Å². The van der Waals surface area contributed by atoms with Crippen molar-refractivity contribution in [2.45, 2.75) is 26.4 Å². The van der Waals surface area contributed by atoms with Gasteiger partial charge in [-0.2, -0.15) is 0 Å². The highest BCUT2D eigenvalue weighted by Crippen LogP contribution is 2.18. The summed E-state index contributed by atoms with van der Waals surface area (Å²) in [7, 11) is 1.60. The van der Waals surface area contributed by atoms with Gasteiger partial charge in [-0.15, -0.1) is 0 Å². The number of carbonyl (C=O) groups is 1. The molecule has 5 nitrogen and oxygen atoms in total. The summed E-state index contributed by atoms with van der Waals surface area (Å²) in [4.78, 5) is 12.0. The fraction of sp³-hybridized carbons (Fsp3) is 0.350. The summed E-state index contributed by atoms with van der Waals surface area (Å²) in [5.41, 5.74) is 1.27. The van der Waals surface area contributed by atoms with E-state index in [0.717, 1.165) is 17.9 Å². The first-order valence-electron chi connectivity index (χ1n) is 8.42. The minimum absolute atomic E-state index is 0.180. The molecule has 0 unspecified atom stereocenters. The zero-order valence-corrected chi connectivity index (χ0v) is 15.0. The Morgan fingerprint density at radius 3 is 2.20 bits per heavy atom. The standard InChI is InChI=1S/C20H25NO4/c1-4-16-5-7-18(8-6-16)24-14-13-21-20(22)15(2)25-19-11-9-17(23-3)10-12-19/h5-12,15H,4,13-14H2,1-3H3,(H,21,22)/t15-/m1/s1. The van der Waals surface area contributed by atoms with Gasteiger partial charge in [-0.1, -0.05) is 19.1 Å². The molecule has 134 valence electrons. The summed E-state index contributed by atoms with van der Waals surface area (Å²) in [6, 6.07) is 15.1. The van der Waals surface area contributed by atoms with Crippen molar-refractivity contribution in [3.05, 3.63) is 54.1 Å². The highest BCUT2D eigenvalue weighted by Gasteiger charge is 2.14. The van der Waals surface area contributed by atoms with Gasteiger partial charge in [0.1, 0.15) is 23.9 Å². The molecule has 0 fully saturated rings. The Bertz CT molecular complexity index is 652. The highest BCUT2D eigenvalue weighted by atomic mass is 16.5. The van der Waals surface area contributed by atoms with Crippen LogP contribution in [0.5, 0.6) is 17.2 Å². The van der Waals surface area contributed by atoms with Crippen molar-refractivity contribution < 1.29 is 19.0 Å². The molecule has 0 saturated heterocycles. The van der Waals surface area contributed by atoms with E-state index in [-0.39, 0.29) is 5.91 Å². The van der Waals surface area contributed by atoms with Gasteiger partial charge >= 0.3 is 0 Å². The SMILES string of the molecule is CCc1ccc(OCCNC(=O)[C@@H](C)Oc2ccc(OC)cc2)cc1. The molecule has 0 aromatic heterocycles. The van der Waals surface area contributed by atoms with E-state index in [2.05, 4.69) is 12.2 Å². The Hall–Kier alpha value is -2.69. The van der Waals surface area contributed by atoms with Crippen LogP contribution in [0.25, 0.3) is 0 Å². The van der Waals surface area contributed by atoms with Crippen LogP contribution in [0, 0.1) is 0 Å². The zero-order valence-electron chi connectivity index (χ0n) is 15.0. The predicted octanol–water partition coefficient (Wildman–Crippen LogP) is 3.22. The number of hydrogen-bond donors (Lipinski definition) is 1. The molecule has 5 heteroatoms. The van der Waals surface area contributed by atoms with E-state index < -0.39 is 6.10 Å². The van der Waals surface area contributed by atoms with Gasteiger partial charge in [0.2, 0.25) is 0 Å². The lowest BCUT2D eigenvalue weighted by molar-refractivity contribution is -0.127. The van der Waals surface area contributed by atoms with Crippen LogP contribution in [-0.2, 0) is 11.2 Å². The molecule has 25 heavy (non-hydrogen) atoms. The van der Waals surface area contributed by atoms with Crippen molar-refractivity contribution in [3.63, 3.8) is 0 Å². The number of amides is 1. The van der Waals surface area contributed by atoms with Gasteiger partial charge in [0, 0.05) is 0 Å². The lowest BCUT2D eigenvalue weighted by Crippen LogP contribution is -2.38. The van der Waals surface area contributed by atoms with Crippen LogP contribution in [0.3, 0.4) is 0 Å². The molecule has 0 bridgehead atoms. The number of benzene rings is 2. The molecule has 0 radical (unpaired) electrons. The van der Waals surface area contributed by atoms with Crippen molar-refractivity contribution in [2.24, 2.45) is 0 Å². The molecule has 1 amide bonds.